The molecule has 0 aliphatic rings. The average molecular weight is 285 g/mol. The van der Waals surface area contributed by atoms with Crippen LogP contribution in [0, 0.1) is 5.82 Å². The molecule has 0 saturated heterocycles. The Balaban J connectivity index is 2.13. The lowest BCUT2D eigenvalue weighted by Gasteiger charge is -2.06. The number of nitrogens with one attached hydrogen (secondary N) is 2. The fourth-order valence-electron chi connectivity index (χ4n) is 1.56. The molecule has 1 atom stereocenters. The SMILES string of the molecule is CCNC(C)c1nnc(Nc2cc(Cl)ccc2F)o1. The fraction of sp³-hybridized carbons (Fsp3) is 0.333. The first-order chi connectivity index (χ1) is 9.10. The van der Waals surface area contributed by atoms with E-state index in [1.54, 1.807) is 0 Å². The van der Waals surface area contributed by atoms with Gasteiger partial charge in [-0.25, -0.2) is 4.39 Å². The molecule has 19 heavy (non-hydrogen) atoms. The summed E-state index contributed by atoms with van der Waals surface area (Å²) in [6.07, 6.45) is 0. The summed E-state index contributed by atoms with van der Waals surface area (Å²) in [6.45, 7) is 4.67. The van der Waals surface area contributed by atoms with Crippen molar-refractivity contribution in [3.05, 3.63) is 34.9 Å². The summed E-state index contributed by atoms with van der Waals surface area (Å²) in [6, 6.07) is 4.25. The molecule has 0 spiro atoms. The highest BCUT2D eigenvalue weighted by atomic mass is 35.5. The van der Waals surface area contributed by atoms with Crippen molar-refractivity contribution in [2.24, 2.45) is 0 Å². The zero-order valence-electron chi connectivity index (χ0n) is 10.6. The normalized spacial score (nSPS) is 12.4. The molecule has 2 rings (SSSR count). The quantitative estimate of drug-likeness (QED) is 0.882. The predicted octanol–water partition coefficient (Wildman–Crippen LogP) is 3.28. The molecule has 1 aromatic heterocycles. The van der Waals surface area contributed by atoms with Crippen molar-refractivity contribution in [1.82, 2.24) is 15.5 Å². The first-order valence-electron chi connectivity index (χ1n) is 5.89. The van der Waals surface area contributed by atoms with Crippen molar-refractivity contribution in [1.29, 1.82) is 0 Å². The van der Waals surface area contributed by atoms with Crippen LogP contribution >= 0.6 is 11.6 Å². The van der Waals surface area contributed by atoms with Crippen LogP contribution in [0.3, 0.4) is 0 Å². The molecule has 0 aliphatic heterocycles. The fourth-order valence-corrected chi connectivity index (χ4v) is 1.73. The molecule has 1 unspecified atom stereocenters. The van der Waals surface area contributed by atoms with Gasteiger partial charge in [0.25, 0.3) is 0 Å². The minimum absolute atomic E-state index is 0.0581. The zero-order chi connectivity index (χ0) is 13.8. The van der Waals surface area contributed by atoms with Crippen molar-refractivity contribution < 1.29 is 8.81 Å². The standard InChI is InChI=1S/C12H14ClFN4O/c1-3-15-7(2)11-17-18-12(19-11)16-10-6-8(13)4-5-9(10)14/h4-7,15H,3H2,1-2H3,(H,16,18). The molecular formula is C12H14ClFN4O. The van der Waals surface area contributed by atoms with Crippen LogP contribution in [0.1, 0.15) is 25.8 Å². The Hall–Kier alpha value is -1.66. The largest absolute Gasteiger partial charge is 0.406 e. The molecule has 1 aromatic carbocycles. The molecular weight excluding hydrogens is 271 g/mol. The van der Waals surface area contributed by atoms with Gasteiger partial charge in [-0.15, -0.1) is 5.10 Å². The first kappa shape index (κ1) is 13.8. The van der Waals surface area contributed by atoms with Crippen LogP contribution in [-0.2, 0) is 0 Å². The number of halogens is 2. The van der Waals surface area contributed by atoms with Gasteiger partial charge in [0.2, 0.25) is 5.89 Å². The first-order valence-corrected chi connectivity index (χ1v) is 6.26. The van der Waals surface area contributed by atoms with Gasteiger partial charge in [0.05, 0.1) is 11.7 Å². The molecule has 2 aromatic rings. The maximum atomic E-state index is 13.5. The van der Waals surface area contributed by atoms with E-state index in [4.69, 9.17) is 16.0 Å². The van der Waals surface area contributed by atoms with Gasteiger partial charge in [-0.3, -0.25) is 0 Å². The second-order valence-electron chi connectivity index (χ2n) is 3.97. The third kappa shape index (κ3) is 3.42. The van der Waals surface area contributed by atoms with E-state index in [9.17, 15) is 4.39 Å². The summed E-state index contributed by atoms with van der Waals surface area (Å²) in [5.41, 5.74) is 0.193. The van der Waals surface area contributed by atoms with Gasteiger partial charge in [0.1, 0.15) is 5.82 Å². The van der Waals surface area contributed by atoms with Crippen LogP contribution in [0.5, 0.6) is 0 Å². The van der Waals surface area contributed by atoms with E-state index >= 15 is 0 Å². The maximum Gasteiger partial charge on any atom is 0.320 e. The summed E-state index contributed by atoms with van der Waals surface area (Å²) < 4.78 is 18.9. The monoisotopic (exact) mass is 284 g/mol. The Bertz CT molecular complexity index is 560. The van der Waals surface area contributed by atoms with Gasteiger partial charge in [-0.1, -0.05) is 23.6 Å². The molecule has 0 fully saturated rings. The number of nitrogens with zero attached hydrogens (tertiary/aromatic N) is 2. The van der Waals surface area contributed by atoms with Crippen LogP contribution in [-0.4, -0.2) is 16.7 Å². The van der Waals surface area contributed by atoms with Gasteiger partial charge >= 0.3 is 6.01 Å². The van der Waals surface area contributed by atoms with Crippen molar-refractivity contribution in [2.75, 3.05) is 11.9 Å². The van der Waals surface area contributed by atoms with Crippen LogP contribution in [0.25, 0.3) is 0 Å². The molecule has 7 heteroatoms. The molecule has 0 radical (unpaired) electrons. The van der Waals surface area contributed by atoms with Gasteiger partial charge in [-0.05, 0) is 31.7 Å². The van der Waals surface area contributed by atoms with Crippen LogP contribution < -0.4 is 10.6 Å². The van der Waals surface area contributed by atoms with Crippen molar-refractivity contribution in [3.8, 4) is 0 Å². The lowest BCUT2D eigenvalue weighted by molar-refractivity contribution is 0.430. The molecule has 0 saturated carbocycles. The topological polar surface area (TPSA) is 63.0 Å². The Morgan fingerprint density at radius 1 is 1.42 bits per heavy atom. The van der Waals surface area contributed by atoms with Gasteiger partial charge in [0, 0.05) is 5.02 Å². The minimum atomic E-state index is -0.441. The second-order valence-corrected chi connectivity index (χ2v) is 4.41. The smallest absolute Gasteiger partial charge is 0.320 e. The number of aromatic nitrogens is 2. The van der Waals surface area contributed by atoms with E-state index in [1.165, 1.54) is 18.2 Å². The number of anilines is 2. The molecule has 1 heterocycles. The molecule has 0 bridgehead atoms. The molecule has 5 nitrogen and oxygen atoms in total. The van der Waals surface area contributed by atoms with Crippen LogP contribution in [0.4, 0.5) is 16.1 Å². The highest BCUT2D eigenvalue weighted by Gasteiger charge is 2.13. The highest BCUT2D eigenvalue weighted by Crippen LogP contribution is 2.23. The summed E-state index contributed by atoms with van der Waals surface area (Å²) >= 11 is 5.80. The highest BCUT2D eigenvalue weighted by molar-refractivity contribution is 6.30. The van der Waals surface area contributed by atoms with Crippen LogP contribution in [0.15, 0.2) is 22.6 Å². The van der Waals surface area contributed by atoms with Crippen molar-refractivity contribution >= 4 is 23.3 Å². The lowest BCUT2D eigenvalue weighted by atomic mass is 10.3. The van der Waals surface area contributed by atoms with Gasteiger partial charge < -0.3 is 15.1 Å². The van der Waals surface area contributed by atoms with E-state index in [-0.39, 0.29) is 17.7 Å². The van der Waals surface area contributed by atoms with E-state index in [1.807, 2.05) is 13.8 Å². The van der Waals surface area contributed by atoms with E-state index in [0.717, 1.165) is 6.54 Å². The summed E-state index contributed by atoms with van der Waals surface area (Å²) in [5.74, 6) is -0.00401. The number of rotatable bonds is 5. The number of hydrogen-bond donors (Lipinski definition) is 2. The number of benzene rings is 1. The van der Waals surface area contributed by atoms with Crippen molar-refractivity contribution in [3.63, 3.8) is 0 Å². The Morgan fingerprint density at radius 2 is 2.21 bits per heavy atom. The summed E-state index contributed by atoms with van der Waals surface area (Å²) in [5, 5.41) is 14.0. The van der Waals surface area contributed by atoms with Gasteiger partial charge in [-0.2, -0.15) is 0 Å². The molecule has 0 amide bonds. The second kappa shape index (κ2) is 5.99. The Morgan fingerprint density at radius 3 is 2.95 bits per heavy atom. The third-order valence-electron chi connectivity index (χ3n) is 2.49. The lowest BCUT2D eigenvalue weighted by Crippen LogP contribution is -2.17. The van der Waals surface area contributed by atoms with Crippen molar-refractivity contribution in [2.45, 2.75) is 19.9 Å². The maximum absolute atomic E-state index is 13.5. The zero-order valence-corrected chi connectivity index (χ0v) is 11.3. The molecule has 0 aliphatic carbocycles. The van der Waals surface area contributed by atoms with Gasteiger partial charge in [0.15, 0.2) is 0 Å². The van der Waals surface area contributed by atoms with E-state index in [0.29, 0.717) is 10.9 Å². The number of hydrogen-bond acceptors (Lipinski definition) is 5. The molecule has 2 N–H and O–H groups in total. The minimum Gasteiger partial charge on any atom is -0.406 e. The summed E-state index contributed by atoms with van der Waals surface area (Å²) in [7, 11) is 0. The van der Waals surface area contributed by atoms with E-state index < -0.39 is 5.82 Å². The summed E-state index contributed by atoms with van der Waals surface area (Å²) in [4.78, 5) is 0. The van der Waals surface area contributed by atoms with E-state index in [2.05, 4.69) is 20.8 Å². The molecule has 102 valence electrons. The Labute approximate surface area is 115 Å². The Kier molecular flexibility index (Phi) is 4.34. The third-order valence-corrected chi connectivity index (χ3v) is 2.73. The predicted molar refractivity (Wildman–Crippen MR) is 71.1 cm³/mol. The van der Waals surface area contributed by atoms with Crippen LogP contribution in [0.2, 0.25) is 5.02 Å². The average Bonchev–Trinajstić information content (AvgIpc) is 2.83.